The third kappa shape index (κ3) is 4.36. The van der Waals surface area contributed by atoms with Crippen molar-refractivity contribution in [3.05, 3.63) is 53.3 Å². The van der Waals surface area contributed by atoms with Gasteiger partial charge in [0.1, 0.15) is 29.6 Å². The molecule has 1 aromatic heterocycles. The van der Waals surface area contributed by atoms with Gasteiger partial charge in [0.25, 0.3) is 0 Å². The standard InChI is InChI=1S/C24H28N2O8/c1-13-8-16-20(18(9-13)33-34-23-22(29)21(28)19(11-27)32-24(23)30)26(12-25-16)6-4-14-2-3-17-15(10-14)5-7-31-17/h2-3,8-10,12,19,21-24,27-30H,4-7,11H2,1H3/t19-,21-,22+,23-,24?/m1/s1. The Labute approximate surface area is 195 Å². The molecule has 0 radical (unpaired) electrons. The molecule has 0 spiro atoms. The highest BCUT2D eigenvalue weighted by atomic mass is 17.2. The summed E-state index contributed by atoms with van der Waals surface area (Å²) in [7, 11) is 0. The quantitative estimate of drug-likeness (QED) is 0.288. The molecule has 4 N–H and O–H groups in total. The number of fused-ring (bicyclic) bond motifs is 2. The highest BCUT2D eigenvalue weighted by Gasteiger charge is 2.45. The van der Waals surface area contributed by atoms with E-state index in [4.69, 9.17) is 19.2 Å². The van der Waals surface area contributed by atoms with Crippen LogP contribution in [0.15, 0.2) is 36.7 Å². The molecule has 3 heterocycles. The minimum atomic E-state index is -1.59. The Kier molecular flexibility index (Phi) is 6.43. The number of hydrogen-bond acceptors (Lipinski definition) is 9. The number of benzene rings is 2. The van der Waals surface area contributed by atoms with Gasteiger partial charge < -0.3 is 39.4 Å². The Morgan fingerprint density at radius 2 is 2.00 bits per heavy atom. The zero-order chi connectivity index (χ0) is 23.8. The fraction of sp³-hybridized carbons (Fsp3) is 0.458. The van der Waals surface area contributed by atoms with Crippen molar-refractivity contribution in [2.75, 3.05) is 13.2 Å². The summed E-state index contributed by atoms with van der Waals surface area (Å²) >= 11 is 0. The topological polar surface area (TPSA) is 136 Å². The molecule has 5 rings (SSSR count). The van der Waals surface area contributed by atoms with Crippen LogP contribution in [0.3, 0.4) is 0 Å². The van der Waals surface area contributed by atoms with Gasteiger partial charge in [0.05, 0.1) is 25.1 Å². The van der Waals surface area contributed by atoms with E-state index in [2.05, 4.69) is 17.1 Å². The molecule has 0 aliphatic carbocycles. The van der Waals surface area contributed by atoms with Crippen LogP contribution in [0.5, 0.6) is 11.5 Å². The maximum atomic E-state index is 10.3. The molecule has 10 nitrogen and oxygen atoms in total. The molecular formula is C24H28N2O8. The lowest BCUT2D eigenvalue weighted by molar-refractivity contribution is -0.364. The van der Waals surface area contributed by atoms with Crippen LogP contribution >= 0.6 is 0 Å². The minimum Gasteiger partial charge on any atom is -0.493 e. The largest absolute Gasteiger partial charge is 0.493 e. The van der Waals surface area contributed by atoms with E-state index in [-0.39, 0.29) is 0 Å². The van der Waals surface area contributed by atoms with Crippen LogP contribution < -0.4 is 9.62 Å². The van der Waals surface area contributed by atoms with Gasteiger partial charge in [0, 0.05) is 13.0 Å². The van der Waals surface area contributed by atoms with E-state index in [0.29, 0.717) is 23.3 Å². The Balaban J connectivity index is 1.34. The molecular weight excluding hydrogens is 444 g/mol. The first-order chi connectivity index (χ1) is 16.4. The van der Waals surface area contributed by atoms with Gasteiger partial charge in [-0.2, -0.15) is 4.89 Å². The molecule has 2 aliphatic rings. The van der Waals surface area contributed by atoms with Gasteiger partial charge in [0.15, 0.2) is 18.1 Å². The van der Waals surface area contributed by atoms with E-state index in [0.717, 1.165) is 30.8 Å². The average molecular weight is 472 g/mol. The van der Waals surface area contributed by atoms with Crippen molar-refractivity contribution in [3.63, 3.8) is 0 Å². The van der Waals surface area contributed by atoms with E-state index < -0.39 is 37.3 Å². The molecule has 1 unspecified atom stereocenters. The monoisotopic (exact) mass is 472 g/mol. The summed E-state index contributed by atoms with van der Waals surface area (Å²) in [6.45, 7) is 2.70. The first-order valence-corrected chi connectivity index (χ1v) is 11.3. The molecule has 1 saturated heterocycles. The molecule has 2 aliphatic heterocycles. The lowest BCUT2D eigenvalue weighted by Gasteiger charge is -2.38. The summed E-state index contributed by atoms with van der Waals surface area (Å²) in [4.78, 5) is 15.4. The second kappa shape index (κ2) is 9.49. The van der Waals surface area contributed by atoms with Crippen LogP contribution in [0.1, 0.15) is 16.7 Å². The lowest BCUT2D eigenvalue weighted by atomic mass is 9.99. The van der Waals surface area contributed by atoms with E-state index in [1.165, 1.54) is 11.1 Å². The molecule has 5 atom stereocenters. The zero-order valence-corrected chi connectivity index (χ0v) is 18.7. The maximum absolute atomic E-state index is 10.3. The molecule has 1 fully saturated rings. The second-order valence-corrected chi connectivity index (χ2v) is 8.73. The number of ether oxygens (including phenoxy) is 2. The highest BCUT2D eigenvalue weighted by Crippen LogP contribution is 2.30. The van der Waals surface area contributed by atoms with Crippen molar-refractivity contribution in [2.24, 2.45) is 0 Å². The fourth-order valence-electron chi connectivity index (χ4n) is 4.46. The number of aryl methyl sites for hydroxylation is 3. The van der Waals surface area contributed by atoms with Gasteiger partial charge in [-0.05, 0) is 48.2 Å². The predicted octanol–water partition coefficient (Wildman–Crippen LogP) is 0.633. The molecule has 10 heteroatoms. The van der Waals surface area contributed by atoms with Crippen molar-refractivity contribution in [1.29, 1.82) is 0 Å². The third-order valence-corrected chi connectivity index (χ3v) is 6.31. The van der Waals surface area contributed by atoms with Gasteiger partial charge in [0.2, 0.25) is 0 Å². The zero-order valence-electron chi connectivity index (χ0n) is 18.7. The molecule has 34 heavy (non-hydrogen) atoms. The Morgan fingerprint density at radius 3 is 2.82 bits per heavy atom. The molecule has 2 aromatic carbocycles. The van der Waals surface area contributed by atoms with Gasteiger partial charge >= 0.3 is 0 Å². The van der Waals surface area contributed by atoms with Crippen LogP contribution in [0, 0.1) is 6.92 Å². The molecule has 182 valence electrons. The molecule has 3 aromatic rings. The van der Waals surface area contributed by atoms with Crippen molar-refractivity contribution in [2.45, 2.75) is 57.0 Å². The summed E-state index contributed by atoms with van der Waals surface area (Å²) in [6.07, 6.45) is -3.63. The Morgan fingerprint density at radius 1 is 1.15 bits per heavy atom. The average Bonchev–Trinajstić information content (AvgIpc) is 3.46. The SMILES string of the molecule is Cc1cc(OO[C@H]2C(O)O[C@H](CO)[C@@H](O)[C@@H]2O)c2c(c1)ncn2CCc1ccc2c(c1)CCO2. The second-order valence-electron chi connectivity index (χ2n) is 8.73. The summed E-state index contributed by atoms with van der Waals surface area (Å²) in [5, 5.41) is 39.8. The lowest BCUT2D eigenvalue weighted by Crippen LogP contribution is -2.59. The first kappa shape index (κ1) is 23.0. The van der Waals surface area contributed by atoms with Crippen molar-refractivity contribution in [1.82, 2.24) is 9.55 Å². The molecule has 0 saturated carbocycles. The first-order valence-electron chi connectivity index (χ1n) is 11.3. The molecule has 0 amide bonds. The minimum absolute atomic E-state index is 0.355. The van der Waals surface area contributed by atoms with Crippen LogP contribution in [-0.4, -0.2) is 73.9 Å². The Hall–Kier alpha value is -2.73. The Bertz CT molecular complexity index is 1170. The predicted molar refractivity (Wildman–Crippen MR) is 119 cm³/mol. The number of aliphatic hydroxyl groups excluding tert-OH is 4. The number of imidazole rings is 1. The van der Waals surface area contributed by atoms with E-state index in [1.54, 1.807) is 12.4 Å². The summed E-state index contributed by atoms with van der Waals surface area (Å²) in [5.41, 5.74) is 4.71. The maximum Gasteiger partial charge on any atom is 0.191 e. The van der Waals surface area contributed by atoms with Gasteiger partial charge in [-0.15, -0.1) is 0 Å². The van der Waals surface area contributed by atoms with Gasteiger partial charge in [-0.1, -0.05) is 12.1 Å². The summed E-state index contributed by atoms with van der Waals surface area (Å²) in [5.74, 6) is 1.31. The number of hydrogen-bond donors (Lipinski definition) is 4. The number of aliphatic hydroxyl groups is 4. The number of nitrogens with zero attached hydrogens (tertiary/aromatic N) is 2. The van der Waals surface area contributed by atoms with E-state index >= 15 is 0 Å². The van der Waals surface area contributed by atoms with Crippen molar-refractivity contribution in [3.8, 4) is 11.5 Å². The van der Waals surface area contributed by atoms with Gasteiger partial charge in [-0.3, -0.25) is 0 Å². The normalized spacial score (nSPS) is 26.4. The van der Waals surface area contributed by atoms with Crippen molar-refractivity contribution >= 4 is 11.0 Å². The number of aromatic nitrogens is 2. The summed E-state index contributed by atoms with van der Waals surface area (Å²) in [6, 6.07) is 9.93. The van der Waals surface area contributed by atoms with Crippen LogP contribution in [0.2, 0.25) is 0 Å². The summed E-state index contributed by atoms with van der Waals surface area (Å²) < 4.78 is 12.7. The van der Waals surface area contributed by atoms with E-state index in [1.807, 2.05) is 23.6 Å². The smallest absolute Gasteiger partial charge is 0.191 e. The number of rotatable bonds is 7. The molecule has 0 bridgehead atoms. The van der Waals surface area contributed by atoms with Crippen LogP contribution in [0.4, 0.5) is 0 Å². The third-order valence-electron chi connectivity index (χ3n) is 6.31. The van der Waals surface area contributed by atoms with Crippen LogP contribution in [-0.2, 0) is 29.0 Å². The fourth-order valence-corrected chi connectivity index (χ4v) is 4.46. The van der Waals surface area contributed by atoms with E-state index in [9.17, 15) is 20.4 Å². The van der Waals surface area contributed by atoms with Gasteiger partial charge in [-0.25, -0.2) is 4.98 Å². The van der Waals surface area contributed by atoms with Crippen LogP contribution in [0.25, 0.3) is 11.0 Å². The highest BCUT2D eigenvalue weighted by molar-refractivity contribution is 5.83. The van der Waals surface area contributed by atoms with Crippen molar-refractivity contribution < 1.29 is 39.7 Å².